The van der Waals surface area contributed by atoms with Crippen LogP contribution < -0.4 is 9.47 Å². The summed E-state index contributed by atoms with van der Waals surface area (Å²) >= 11 is 0. The van der Waals surface area contributed by atoms with Crippen molar-refractivity contribution in [2.75, 3.05) is 20.9 Å². The summed E-state index contributed by atoms with van der Waals surface area (Å²) in [4.78, 5) is 25.4. The number of ether oxygens (including phenoxy) is 2. The molecule has 3 aromatic heterocycles. The molecule has 5 rings (SSSR count). The maximum absolute atomic E-state index is 12.1. The van der Waals surface area contributed by atoms with Gasteiger partial charge in [0.2, 0.25) is 6.79 Å². The maximum Gasteiger partial charge on any atom is 0.255 e. The number of likely N-dealkylation sites (N-methyl/N-ethyl adjacent to an activating group) is 1. The molecule has 1 unspecified atom stereocenters. The van der Waals surface area contributed by atoms with Gasteiger partial charge in [-0.25, -0.2) is 4.98 Å². The van der Waals surface area contributed by atoms with Gasteiger partial charge in [0.05, 0.1) is 0 Å². The van der Waals surface area contributed by atoms with Gasteiger partial charge in [0.1, 0.15) is 5.65 Å². The second-order valence-corrected chi connectivity index (χ2v) is 7.53. The highest BCUT2D eigenvalue weighted by atomic mass is 16.7. The van der Waals surface area contributed by atoms with E-state index in [1.807, 2.05) is 30.5 Å². The molecular weight excluding hydrogens is 396 g/mol. The topological polar surface area (TPSA) is 101 Å². The number of hydrogen-bond donors (Lipinski definition) is 2. The molecule has 1 aliphatic rings. The van der Waals surface area contributed by atoms with Crippen molar-refractivity contribution in [3.63, 3.8) is 0 Å². The Morgan fingerprint density at radius 3 is 2.71 bits per heavy atom. The molecular formula is C23H20N4O4. The average Bonchev–Trinajstić information content (AvgIpc) is 3.43. The number of carbonyl (C=O) groups is 1. The number of rotatable bonds is 4. The first-order valence-electron chi connectivity index (χ1n) is 9.73. The molecule has 0 aliphatic carbocycles. The molecule has 4 heterocycles. The number of H-pyrrole nitrogens is 1. The lowest BCUT2D eigenvalue weighted by molar-refractivity contribution is -0.137. The van der Waals surface area contributed by atoms with Gasteiger partial charge in [0, 0.05) is 66.5 Å². The van der Waals surface area contributed by atoms with Crippen LogP contribution in [0.1, 0.15) is 11.7 Å². The van der Waals surface area contributed by atoms with Gasteiger partial charge in [-0.1, -0.05) is 6.07 Å². The van der Waals surface area contributed by atoms with Crippen LogP contribution in [0.15, 0.2) is 55.1 Å². The monoisotopic (exact) mass is 416 g/mol. The number of amides is 1. The molecule has 2 N–H and O–H groups in total. The second kappa shape index (κ2) is 7.41. The molecule has 0 spiro atoms. The van der Waals surface area contributed by atoms with E-state index in [0.717, 1.165) is 39.0 Å². The van der Waals surface area contributed by atoms with E-state index in [4.69, 9.17) is 9.47 Å². The second-order valence-electron chi connectivity index (χ2n) is 7.53. The normalized spacial score (nSPS) is 13.4. The standard InChI is InChI=1S/C23H20N4O4/c1-27(2)23(29)21(28)16-5-14(8-24-9-16)15-6-17-18(11-26-22(17)25-10-15)13-3-4-19-20(7-13)31-12-30-19/h3-11,21,28H,12H2,1-2H3,(H,25,26). The van der Waals surface area contributed by atoms with E-state index >= 15 is 0 Å². The van der Waals surface area contributed by atoms with E-state index in [1.165, 1.54) is 11.1 Å². The Morgan fingerprint density at radius 1 is 1.06 bits per heavy atom. The number of nitrogens with one attached hydrogen (secondary N) is 1. The first kappa shape index (κ1) is 19.1. The molecule has 1 aliphatic heterocycles. The van der Waals surface area contributed by atoms with Crippen LogP contribution in [0.25, 0.3) is 33.3 Å². The molecule has 31 heavy (non-hydrogen) atoms. The minimum atomic E-state index is -1.27. The van der Waals surface area contributed by atoms with Gasteiger partial charge in [-0.15, -0.1) is 0 Å². The first-order valence-corrected chi connectivity index (χ1v) is 9.73. The third-order valence-electron chi connectivity index (χ3n) is 5.30. The fraction of sp³-hybridized carbons (Fsp3) is 0.174. The molecule has 8 heteroatoms. The summed E-state index contributed by atoms with van der Waals surface area (Å²) in [5.41, 5.74) is 4.73. The van der Waals surface area contributed by atoms with Crippen molar-refractivity contribution in [1.29, 1.82) is 0 Å². The largest absolute Gasteiger partial charge is 0.454 e. The summed E-state index contributed by atoms with van der Waals surface area (Å²) < 4.78 is 10.9. The number of aromatic amines is 1. The molecule has 1 amide bonds. The maximum atomic E-state index is 12.1. The van der Waals surface area contributed by atoms with E-state index in [1.54, 1.807) is 32.6 Å². The highest BCUT2D eigenvalue weighted by molar-refractivity contribution is 5.96. The van der Waals surface area contributed by atoms with Gasteiger partial charge in [0.25, 0.3) is 5.91 Å². The van der Waals surface area contributed by atoms with Crippen LogP contribution in [0.2, 0.25) is 0 Å². The van der Waals surface area contributed by atoms with Gasteiger partial charge in [-0.3, -0.25) is 9.78 Å². The predicted octanol–water partition coefficient (Wildman–Crippen LogP) is 3.14. The van der Waals surface area contributed by atoms with Crippen molar-refractivity contribution in [3.05, 3.63) is 60.7 Å². The lowest BCUT2D eigenvalue weighted by Gasteiger charge is -2.16. The van der Waals surface area contributed by atoms with E-state index in [-0.39, 0.29) is 6.79 Å². The zero-order valence-corrected chi connectivity index (χ0v) is 17.0. The van der Waals surface area contributed by atoms with E-state index in [2.05, 4.69) is 15.0 Å². The molecule has 8 nitrogen and oxygen atoms in total. The molecule has 0 saturated carbocycles. The van der Waals surface area contributed by atoms with E-state index in [9.17, 15) is 9.90 Å². The Bertz CT molecular complexity index is 1300. The number of nitrogens with zero attached hydrogens (tertiary/aromatic N) is 3. The third kappa shape index (κ3) is 3.36. The molecule has 1 aromatic carbocycles. The summed E-state index contributed by atoms with van der Waals surface area (Å²) in [6, 6.07) is 9.59. The third-order valence-corrected chi connectivity index (χ3v) is 5.30. The Morgan fingerprint density at radius 2 is 1.87 bits per heavy atom. The first-order chi connectivity index (χ1) is 15.0. The highest BCUT2D eigenvalue weighted by Crippen LogP contribution is 2.38. The highest BCUT2D eigenvalue weighted by Gasteiger charge is 2.20. The van der Waals surface area contributed by atoms with Gasteiger partial charge < -0.3 is 24.5 Å². The summed E-state index contributed by atoms with van der Waals surface area (Å²) in [7, 11) is 3.20. The quantitative estimate of drug-likeness (QED) is 0.530. The van der Waals surface area contributed by atoms with Crippen molar-refractivity contribution >= 4 is 16.9 Å². The molecule has 0 saturated heterocycles. The molecule has 1 atom stereocenters. The Hall–Kier alpha value is -3.91. The van der Waals surface area contributed by atoms with Gasteiger partial charge >= 0.3 is 0 Å². The van der Waals surface area contributed by atoms with Crippen LogP contribution in [-0.2, 0) is 4.79 Å². The lowest BCUT2D eigenvalue weighted by atomic mass is 10.0. The summed E-state index contributed by atoms with van der Waals surface area (Å²) in [6.07, 6.45) is 5.56. The average molecular weight is 416 g/mol. The van der Waals surface area contributed by atoms with Crippen LogP contribution in [-0.4, -0.2) is 51.8 Å². The number of fused-ring (bicyclic) bond motifs is 2. The van der Waals surface area contributed by atoms with Crippen LogP contribution in [0, 0.1) is 0 Å². The number of benzene rings is 1. The molecule has 156 valence electrons. The number of pyridine rings is 2. The summed E-state index contributed by atoms with van der Waals surface area (Å²) in [5.74, 6) is 1.05. The van der Waals surface area contributed by atoms with Crippen molar-refractivity contribution in [1.82, 2.24) is 19.9 Å². The van der Waals surface area contributed by atoms with Gasteiger partial charge in [-0.05, 0) is 29.8 Å². The smallest absolute Gasteiger partial charge is 0.255 e. The minimum Gasteiger partial charge on any atom is -0.454 e. The van der Waals surface area contributed by atoms with Crippen LogP contribution >= 0.6 is 0 Å². The van der Waals surface area contributed by atoms with E-state index < -0.39 is 12.0 Å². The van der Waals surface area contributed by atoms with Gasteiger partial charge in [-0.2, -0.15) is 0 Å². The van der Waals surface area contributed by atoms with Crippen molar-refractivity contribution < 1.29 is 19.4 Å². The number of hydrogen-bond acceptors (Lipinski definition) is 6. The molecule has 4 aromatic rings. The van der Waals surface area contributed by atoms with Crippen molar-refractivity contribution in [3.8, 4) is 33.8 Å². The van der Waals surface area contributed by atoms with Crippen LogP contribution in [0.3, 0.4) is 0 Å². The van der Waals surface area contributed by atoms with Crippen LogP contribution in [0.5, 0.6) is 11.5 Å². The summed E-state index contributed by atoms with van der Waals surface area (Å²) in [6.45, 7) is 0.226. The Balaban J connectivity index is 1.54. The molecule has 0 radical (unpaired) electrons. The van der Waals surface area contributed by atoms with E-state index in [0.29, 0.717) is 11.3 Å². The number of carbonyl (C=O) groups excluding carboxylic acids is 1. The fourth-order valence-electron chi connectivity index (χ4n) is 3.62. The SMILES string of the molecule is CN(C)C(=O)C(O)c1cncc(-c2cnc3[nH]cc(-c4ccc5c(c4)OCO5)c3c2)c1. The predicted molar refractivity (Wildman–Crippen MR) is 115 cm³/mol. The van der Waals surface area contributed by atoms with Gasteiger partial charge in [0.15, 0.2) is 17.6 Å². The fourth-order valence-corrected chi connectivity index (χ4v) is 3.62. The van der Waals surface area contributed by atoms with Crippen molar-refractivity contribution in [2.45, 2.75) is 6.10 Å². The number of aliphatic hydroxyl groups excluding tert-OH is 1. The zero-order chi connectivity index (χ0) is 21.5. The van der Waals surface area contributed by atoms with Crippen LogP contribution in [0.4, 0.5) is 0 Å². The van der Waals surface area contributed by atoms with Crippen molar-refractivity contribution in [2.24, 2.45) is 0 Å². The Labute approximate surface area is 178 Å². The lowest BCUT2D eigenvalue weighted by Crippen LogP contribution is -2.28. The molecule has 0 bridgehead atoms. The number of aromatic nitrogens is 3. The molecule has 0 fully saturated rings. The summed E-state index contributed by atoms with van der Waals surface area (Å²) in [5, 5.41) is 11.3. The minimum absolute atomic E-state index is 0.226. The number of aliphatic hydroxyl groups is 1. The Kier molecular flexibility index (Phi) is 4.56. The zero-order valence-electron chi connectivity index (χ0n) is 17.0.